The average Bonchev–Trinajstić information content (AvgIpc) is 3.28. The number of hydrogen-bond donors (Lipinski definition) is 2. The third kappa shape index (κ3) is 5.33. The highest BCUT2D eigenvalue weighted by molar-refractivity contribution is 5.92. The van der Waals surface area contributed by atoms with Gasteiger partial charge < -0.3 is 25.0 Å². The normalized spacial score (nSPS) is 11.0. The molecule has 1 amide bonds. The summed E-state index contributed by atoms with van der Waals surface area (Å²) in [5.74, 6) is 2.17. The Morgan fingerprint density at radius 3 is 2.51 bits per heavy atom. The van der Waals surface area contributed by atoms with Gasteiger partial charge in [0.2, 0.25) is 5.95 Å². The Bertz CT molecular complexity index is 1330. The summed E-state index contributed by atoms with van der Waals surface area (Å²) in [7, 11) is 7.15. The van der Waals surface area contributed by atoms with Crippen LogP contribution in [0.2, 0.25) is 0 Å². The maximum absolute atomic E-state index is 12.5. The summed E-state index contributed by atoms with van der Waals surface area (Å²) in [6.07, 6.45) is 3.60. The number of aromatic nitrogens is 4. The van der Waals surface area contributed by atoms with E-state index in [9.17, 15) is 4.79 Å². The Labute approximate surface area is 203 Å². The van der Waals surface area contributed by atoms with Gasteiger partial charge in [-0.1, -0.05) is 6.07 Å². The number of rotatable bonds is 9. The van der Waals surface area contributed by atoms with Crippen LogP contribution >= 0.6 is 0 Å². The van der Waals surface area contributed by atoms with Crippen molar-refractivity contribution in [1.82, 2.24) is 29.7 Å². The van der Waals surface area contributed by atoms with Gasteiger partial charge in [0.05, 0.1) is 14.2 Å². The van der Waals surface area contributed by atoms with Crippen molar-refractivity contribution in [3.63, 3.8) is 0 Å². The molecule has 0 radical (unpaired) electrons. The number of anilines is 2. The summed E-state index contributed by atoms with van der Waals surface area (Å²) in [5.41, 5.74) is 2.64. The summed E-state index contributed by atoms with van der Waals surface area (Å²) in [6, 6.07) is 11.0. The quantitative estimate of drug-likeness (QED) is 0.380. The minimum Gasteiger partial charge on any atom is -0.496 e. The molecule has 0 spiro atoms. The van der Waals surface area contributed by atoms with E-state index >= 15 is 0 Å². The molecule has 0 saturated carbocycles. The highest BCUT2D eigenvalue weighted by atomic mass is 16.5. The molecule has 0 aliphatic carbocycles. The Kier molecular flexibility index (Phi) is 7.11. The summed E-state index contributed by atoms with van der Waals surface area (Å²) in [4.78, 5) is 28.2. The van der Waals surface area contributed by atoms with Crippen molar-refractivity contribution in [3.05, 3.63) is 60.0 Å². The van der Waals surface area contributed by atoms with Gasteiger partial charge in [-0.2, -0.15) is 4.98 Å². The molecular formula is C25H29N7O3. The van der Waals surface area contributed by atoms with Crippen LogP contribution < -0.4 is 20.1 Å². The average molecular weight is 476 g/mol. The van der Waals surface area contributed by atoms with E-state index in [-0.39, 0.29) is 5.91 Å². The minimum atomic E-state index is -0.218. The first-order chi connectivity index (χ1) is 16.9. The Hall–Kier alpha value is -4.18. The SMILES string of the molecule is COc1cc(Nc2ncc3ccn(-c4cccc(C(=O)NCCN(C)C)n4)c3n2)cc(OC)c1C. The van der Waals surface area contributed by atoms with E-state index < -0.39 is 0 Å². The number of likely N-dealkylation sites (N-methyl/N-ethyl adjacent to an activating group) is 1. The number of nitrogens with zero attached hydrogens (tertiary/aromatic N) is 5. The highest BCUT2D eigenvalue weighted by Crippen LogP contribution is 2.33. The molecule has 35 heavy (non-hydrogen) atoms. The topological polar surface area (TPSA) is 106 Å². The summed E-state index contributed by atoms with van der Waals surface area (Å²) in [6.45, 7) is 3.22. The maximum Gasteiger partial charge on any atom is 0.270 e. The lowest BCUT2D eigenvalue weighted by Gasteiger charge is -2.13. The molecule has 3 heterocycles. The molecule has 182 valence electrons. The zero-order chi connectivity index (χ0) is 24.9. The molecule has 10 heteroatoms. The smallest absolute Gasteiger partial charge is 0.270 e. The lowest BCUT2D eigenvalue weighted by atomic mass is 10.2. The Morgan fingerprint density at radius 1 is 1.09 bits per heavy atom. The molecule has 3 aromatic heterocycles. The number of fused-ring (bicyclic) bond motifs is 1. The van der Waals surface area contributed by atoms with Gasteiger partial charge in [0.1, 0.15) is 23.0 Å². The molecular weight excluding hydrogens is 446 g/mol. The molecule has 2 N–H and O–H groups in total. The van der Waals surface area contributed by atoms with Crippen LogP contribution in [0.15, 0.2) is 48.8 Å². The number of pyridine rings is 1. The second kappa shape index (κ2) is 10.4. The second-order valence-corrected chi connectivity index (χ2v) is 8.23. The number of hydrogen-bond acceptors (Lipinski definition) is 8. The van der Waals surface area contributed by atoms with Crippen molar-refractivity contribution in [3.8, 4) is 17.3 Å². The van der Waals surface area contributed by atoms with Gasteiger partial charge in [-0.3, -0.25) is 9.36 Å². The number of amides is 1. The molecule has 0 aliphatic heterocycles. The van der Waals surface area contributed by atoms with E-state index in [0.29, 0.717) is 41.2 Å². The van der Waals surface area contributed by atoms with Gasteiger partial charge in [-0.15, -0.1) is 0 Å². The first-order valence-corrected chi connectivity index (χ1v) is 11.1. The maximum atomic E-state index is 12.5. The third-order valence-electron chi connectivity index (χ3n) is 5.49. The highest BCUT2D eigenvalue weighted by Gasteiger charge is 2.13. The summed E-state index contributed by atoms with van der Waals surface area (Å²) < 4.78 is 12.7. The van der Waals surface area contributed by atoms with Crippen molar-refractivity contribution in [2.45, 2.75) is 6.92 Å². The molecule has 0 saturated heterocycles. The van der Waals surface area contributed by atoms with Crippen molar-refractivity contribution >= 4 is 28.6 Å². The van der Waals surface area contributed by atoms with E-state index in [1.165, 1.54) is 0 Å². The van der Waals surface area contributed by atoms with Crippen LogP contribution in [-0.2, 0) is 0 Å². The van der Waals surface area contributed by atoms with Crippen LogP contribution in [0.25, 0.3) is 16.9 Å². The van der Waals surface area contributed by atoms with Crippen LogP contribution in [0.4, 0.5) is 11.6 Å². The van der Waals surface area contributed by atoms with Crippen LogP contribution in [0.3, 0.4) is 0 Å². The molecule has 0 atom stereocenters. The van der Waals surface area contributed by atoms with E-state index in [1.807, 2.05) is 60.9 Å². The molecule has 1 aromatic carbocycles. The van der Waals surface area contributed by atoms with Crippen molar-refractivity contribution in [2.75, 3.05) is 46.7 Å². The minimum absolute atomic E-state index is 0.218. The van der Waals surface area contributed by atoms with Gasteiger partial charge in [-0.05, 0) is 39.2 Å². The summed E-state index contributed by atoms with van der Waals surface area (Å²) >= 11 is 0. The zero-order valence-electron chi connectivity index (χ0n) is 20.5. The largest absolute Gasteiger partial charge is 0.496 e. The molecule has 10 nitrogen and oxygen atoms in total. The third-order valence-corrected chi connectivity index (χ3v) is 5.49. The van der Waals surface area contributed by atoms with Crippen molar-refractivity contribution in [2.24, 2.45) is 0 Å². The molecule has 0 bridgehead atoms. The molecule has 0 fully saturated rings. The van der Waals surface area contributed by atoms with Crippen LogP contribution in [0.1, 0.15) is 16.1 Å². The number of nitrogens with one attached hydrogen (secondary N) is 2. The van der Waals surface area contributed by atoms with Crippen molar-refractivity contribution < 1.29 is 14.3 Å². The molecule has 4 rings (SSSR count). The Balaban J connectivity index is 1.62. The number of ether oxygens (including phenoxy) is 2. The summed E-state index contributed by atoms with van der Waals surface area (Å²) in [5, 5.41) is 6.95. The van der Waals surface area contributed by atoms with Gasteiger partial charge in [0, 0.05) is 54.3 Å². The van der Waals surface area contributed by atoms with Crippen molar-refractivity contribution in [1.29, 1.82) is 0 Å². The van der Waals surface area contributed by atoms with Crippen LogP contribution in [0.5, 0.6) is 11.5 Å². The van der Waals surface area contributed by atoms with Crippen LogP contribution in [0, 0.1) is 6.92 Å². The van der Waals surface area contributed by atoms with E-state index in [1.54, 1.807) is 32.5 Å². The molecule has 0 unspecified atom stereocenters. The second-order valence-electron chi connectivity index (χ2n) is 8.23. The molecule has 0 aliphatic rings. The van der Waals surface area contributed by atoms with E-state index in [2.05, 4.69) is 20.6 Å². The zero-order valence-corrected chi connectivity index (χ0v) is 20.5. The van der Waals surface area contributed by atoms with E-state index in [0.717, 1.165) is 23.2 Å². The lowest BCUT2D eigenvalue weighted by Crippen LogP contribution is -2.31. The first kappa shape index (κ1) is 24.0. The fraction of sp³-hybridized carbons (Fsp3) is 0.280. The number of carbonyl (C=O) groups excluding carboxylic acids is 1. The van der Waals surface area contributed by atoms with Gasteiger partial charge >= 0.3 is 0 Å². The van der Waals surface area contributed by atoms with Gasteiger partial charge in [-0.25, -0.2) is 9.97 Å². The predicted molar refractivity (Wildman–Crippen MR) is 135 cm³/mol. The van der Waals surface area contributed by atoms with Gasteiger partial charge in [0.15, 0.2) is 5.65 Å². The monoisotopic (exact) mass is 475 g/mol. The standard InChI is InChI=1S/C25H29N7O3/c1-16-20(34-4)13-18(14-21(16)35-5)28-25-27-15-17-9-11-32(23(17)30-25)22-8-6-7-19(29-22)24(33)26-10-12-31(2)3/h6-9,11,13-15H,10,12H2,1-5H3,(H,26,33)(H,27,28,30). The first-order valence-electron chi connectivity index (χ1n) is 11.1. The fourth-order valence-electron chi connectivity index (χ4n) is 3.62. The number of benzene rings is 1. The molecule has 4 aromatic rings. The van der Waals surface area contributed by atoms with E-state index in [4.69, 9.17) is 14.5 Å². The van der Waals surface area contributed by atoms with Crippen LogP contribution in [-0.4, -0.2) is 71.7 Å². The number of carbonyl (C=O) groups is 1. The van der Waals surface area contributed by atoms with Gasteiger partial charge in [0.25, 0.3) is 5.91 Å². The fourth-order valence-corrected chi connectivity index (χ4v) is 3.62. The lowest BCUT2D eigenvalue weighted by molar-refractivity contribution is 0.0946. The Morgan fingerprint density at radius 2 is 1.83 bits per heavy atom. The number of methoxy groups -OCH3 is 2. The predicted octanol–water partition coefficient (Wildman–Crippen LogP) is 3.18.